The van der Waals surface area contributed by atoms with Crippen molar-refractivity contribution in [2.75, 3.05) is 7.05 Å². The molecule has 0 aliphatic heterocycles. The van der Waals surface area contributed by atoms with E-state index in [0.29, 0.717) is 6.42 Å². The average molecular weight is 297 g/mol. The summed E-state index contributed by atoms with van der Waals surface area (Å²) in [7, 11) is 1.62. The molecule has 2 aromatic rings. The van der Waals surface area contributed by atoms with Crippen molar-refractivity contribution < 1.29 is 17.6 Å². The van der Waals surface area contributed by atoms with Gasteiger partial charge in [0.05, 0.1) is 0 Å². The topological polar surface area (TPSA) is 12.0 Å². The van der Waals surface area contributed by atoms with Crippen molar-refractivity contribution in [2.24, 2.45) is 0 Å². The SMILES string of the molecule is CNC(Cc1cc(F)ccc1C)c1cc(F)c(F)c(F)c1. The molecule has 0 fully saturated rings. The molecule has 0 radical (unpaired) electrons. The van der Waals surface area contributed by atoms with Crippen LogP contribution in [-0.4, -0.2) is 7.05 Å². The van der Waals surface area contributed by atoms with Gasteiger partial charge in [-0.05, 0) is 61.3 Å². The highest BCUT2D eigenvalue weighted by Gasteiger charge is 2.17. The summed E-state index contributed by atoms with van der Waals surface area (Å²) < 4.78 is 52.9. The lowest BCUT2D eigenvalue weighted by Crippen LogP contribution is -2.20. The maximum Gasteiger partial charge on any atom is 0.194 e. The fourth-order valence-corrected chi connectivity index (χ4v) is 2.24. The third kappa shape index (κ3) is 3.42. The Hall–Kier alpha value is -1.88. The van der Waals surface area contributed by atoms with E-state index >= 15 is 0 Å². The number of halogens is 4. The summed E-state index contributed by atoms with van der Waals surface area (Å²) in [5, 5.41) is 2.91. The van der Waals surface area contributed by atoms with Crippen LogP contribution in [0.15, 0.2) is 30.3 Å². The van der Waals surface area contributed by atoms with Crippen molar-refractivity contribution in [1.82, 2.24) is 5.32 Å². The van der Waals surface area contributed by atoms with Crippen LogP contribution in [0.3, 0.4) is 0 Å². The summed E-state index contributed by atoms with van der Waals surface area (Å²) in [6.45, 7) is 1.83. The first-order chi connectivity index (χ1) is 9.92. The van der Waals surface area contributed by atoms with Crippen molar-refractivity contribution in [3.05, 3.63) is 70.3 Å². The molecule has 1 nitrogen and oxygen atoms in total. The second-order valence-corrected chi connectivity index (χ2v) is 4.91. The van der Waals surface area contributed by atoms with Crippen LogP contribution in [0.1, 0.15) is 22.7 Å². The van der Waals surface area contributed by atoms with Crippen LogP contribution >= 0.6 is 0 Å². The fourth-order valence-electron chi connectivity index (χ4n) is 2.24. The molecule has 0 aliphatic carbocycles. The first-order valence-electron chi connectivity index (χ1n) is 6.49. The Labute approximate surface area is 120 Å². The van der Waals surface area contributed by atoms with Crippen LogP contribution in [-0.2, 0) is 6.42 Å². The van der Waals surface area contributed by atoms with Crippen LogP contribution in [0.2, 0.25) is 0 Å². The van der Waals surface area contributed by atoms with Gasteiger partial charge in [-0.25, -0.2) is 17.6 Å². The maximum absolute atomic E-state index is 13.3. The van der Waals surface area contributed by atoms with E-state index in [4.69, 9.17) is 0 Å². The molecular formula is C16H15F4N. The summed E-state index contributed by atoms with van der Waals surface area (Å²) in [5.41, 5.74) is 1.87. The predicted molar refractivity (Wildman–Crippen MR) is 73.0 cm³/mol. The number of hydrogen-bond donors (Lipinski definition) is 1. The van der Waals surface area contributed by atoms with Gasteiger partial charge in [0.1, 0.15) is 5.82 Å². The van der Waals surface area contributed by atoms with E-state index in [2.05, 4.69) is 5.32 Å². The zero-order chi connectivity index (χ0) is 15.6. The van der Waals surface area contributed by atoms with Crippen LogP contribution < -0.4 is 5.32 Å². The number of aryl methyl sites for hydroxylation is 1. The van der Waals surface area contributed by atoms with Gasteiger partial charge in [-0.1, -0.05) is 6.07 Å². The Kier molecular flexibility index (Phi) is 4.63. The Balaban J connectivity index is 2.34. The largest absolute Gasteiger partial charge is 0.313 e. The van der Waals surface area contributed by atoms with Gasteiger partial charge >= 0.3 is 0 Å². The molecule has 2 rings (SSSR count). The molecule has 0 saturated heterocycles. The number of nitrogens with one attached hydrogen (secondary N) is 1. The minimum absolute atomic E-state index is 0.276. The van der Waals surface area contributed by atoms with E-state index in [-0.39, 0.29) is 11.4 Å². The third-order valence-corrected chi connectivity index (χ3v) is 3.49. The quantitative estimate of drug-likeness (QED) is 0.663. The lowest BCUT2D eigenvalue weighted by molar-refractivity contribution is 0.441. The number of benzene rings is 2. The molecule has 0 amide bonds. The lowest BCUT2D eigenvalue weighted by Gasteiger charge is -2.18. The van der Waals surface area contributed by atoms with E-state index < -0.39 is 23.5 Å². The van der Waals surface area contributed by atoms with E-state index in [0.717, 1.165) is 23.3 Å². The van der Waals surface area contributed by atoms with E-state index in [1.165, 1.54) is 12.1 Å². The van der Waals surface area contributed by atoms with Gasteiger partial charge < -0.3 is 5.32 Å². The number of hydrogen-bond acceptors (Lipinski definition) is 1. The van der Waals surface area contributed by atoms with E-state index in [9.17, 15) is 17.6 Å². The summed E-state index contributed by atoms with van der Waals surface area (Å²) in [6, 6.07) is 5.83. The van der Waals surface area contributed by atoms with Gasteiger partial charge in [0.15, 0.2) is 17.5 Å². The normalized spacial score (nSPS) is 12.5. The van der Waals surface area contributed by atoms with Gasteiger partial charge in [0.25, 0.3) is 0 Å². The minimum Gasteiger partial charge on any atom is -0.313 e. The minimum atomic E-state index is -1.49. The van der Waals surface area contributed by atoms with Crippen LogP contribution in [0.5, 0.6) is 0 Å². The Morgan fingerprint density at radius 1 is 1.00 bits per heavy atom. The number of rotatable bonds is 4. The van der Waals surface area contributed by atoms with E-state index in [1.807, 2.05) is 6.92 Å². The maximum atomic E-state index is 13.3. The Morgan fingerprint density at radius 3 is 2.19 bits per heavy atom. The Bertz CT molecular complexity index is 632. The summed E-state index contributed by atoms with van der Waals surface area (Å²) in [6.07, 6.45) is 0.338. The monoisotopic (exact) mass is 297 g/mol. The second kappa shape index (κ2) is 6.26. The van der Waals surface area contributed by atoms with Gasteiger partial charge in [-0.2, -0.15) is 0 Å². The van der Waals surface area contributed by atoms with Crippen LogP contribution in [0.25, 0.3) is 0 Å². The first kappa shape index (κ1) is 15.5. The highest BCUT2D eigenvalue weighted by Crippen LogP contribution is 2.24. The number of likely N-dealkylation sites (N-methyl/N-ethyl adjacent to an activating group) is 1. The molecule has 5 heteroatoms. The highest BCUT2D eigenvalue weighted by atomic mass is 19.2. The smallest absolute Gasteiger partial charge is 0.194 e. The molecular weight excluding hydrogens is 282 g/mol. The van der Waals surface area contributed by atoms with Gasteiger partial charge in [-0.3, -0.25) is 0 Å². The molecule has 1 atom stereocenters. The Morgan fingerprint density at radius 2 is 1.62 bits per heavy atom. The molecule has 0 saturated carbocycles. The summed E-state index contributed by atoms with van der Waals surface area (Å²) in [5.74, 6) is -4.33. The van der Waals surface area contributed by atoms with Gasteiger partial charge in [-0.15, -0.1) is 0 Å². The third-order valence-electron chi connectivity index (χ3n) is 3.49. The molecule has 0 aromatic heterocycles. The lowest BCUT2D eigenvalue weighted by atomic mass is 9.96. The zero-order valence-electron chi connectivity index (χ0n) is 11.7. The predicted octanol–water partition coefficient (Wildman–Crippen LogP) is 4.05. The molecule has 0 bridgehead atoms. The van der Waals surface area contributed by atoms with E-state index in [1.54, 1.807) is 13.1 Å². The summed E-state index contributed by atoms with van der Waals surface area (Å²) in [4.78, 5) is 0. The molecule has 0 heterocycles. The molecule has 112 valence electrons. The fraction of sp³-hybridized carbons (Fsp3) is 0.250. The molecule has 1 unspecified atom stereocenters. The van der Waals surface area contributed by atoms with Crippen molar-refractivity contribution in [3.8, 4) is 0 Å². The van der Waals surface area contributed by atoms with Crippen molar-refractivity contribution in [3.63, 3.8) is 0 Å². The summed E-state index contributed by atoms with van der Waals surface area (Å²) >= 11 is 0. The molecule has 0 spiro atoms. The average Bonchev–Trinajstić information content (AvgIpc) is 2.45. The van der Waals surface area contributed by atoms with Crippen molar-refractivity contribution in [2.45, 2.75) is 19.4 Å². The first-order valence-corrected chi connectivity index (χ1v) is 6.49. The molecule has 21 heavy (non-hydrogen) atoms. The van der Waals surface area contributed by atoms with Crippen molar-refractivity contribution >= 4 is 0 Å². The van der Waals surface area contributed by atoms with Gasteiger partial charge in [0, 0.05) is 6.04 Å². The second-order valence-electron chi connectivity index (χ2n) is 4.91. The van der Waals surface area contributed by atoms with Crippen molar-refractivity contribution in [1.29, 1.82) is 0 Å². The van der Waals surface area contributed by atoms with Gasteiger partial charge in [0.2, 0.25) is 0 Å². The zero-order valence-corrected chi connectivity index (χ0v) is 11.7. The molecule has 2 aromatic carbocycles. The molecule has 1 N–H and O–H groups in total. The van der Waals surface area contributed by atoms with Crippen LogP contribution in [0.4, 0.5) is 17.6 Å². The highest BCUT2D eigenvalue weighted by molar-refractivity contribution is 5.30. The molecule has 0 aliphatic rings. The van der Waals surface area contributed by atoms with Crippen LogP contribution in [0, 0.1) is 30.2 Å². The standard InChI is InChI=1S/C16H15F4N/c1-9-3-4-12(17)5-10(9)8-15(21-2)11-6-13(18)16(20)14(19)7-11/h3-7,15,21H,8H2,1-2H3.